The maximum absolute atomic E-state index is 10.1. The second-order valence-electron chi connectivity index (χ2n) is 3.07. The molecule has 15 heavy (non-hydrogen) atoms. The lowest BCUT2D eigenvalue weighted by Crippen LogP contribution is -2.05. The molecular formula is C11H11N3O. The fraction of sp³-hybridized carbons (Fsp3) is 0.0909. The molecule has 0 saturated carbocycles. The Hall–Kier alpha value is -1.94. The van der Waals surface area contributed by atoms with Crippen LogP contribution in [0.25, 0.3) is 6.20 Å². The third-order valence-corrected chi connectivity index (χ3v) is 2.18. The minimum Gasteiger partial charge on any atom is -0.382 e. The van der Waals surface area contributed by atoms with E-state index in [1.54, 1.807) is 47.7 Å². The predicted octanol–water partition coefficient (Wildman–Crippen LogP) is 1.46. The summed E-state index contributed by atoms with van der Waals surface area (Å²) in [5.41, 5.74) is 1.48. The number of pyridine rings is 1. The summed E-state index contributed by atoms with van der Waals surface area (Å²) in [5.74, 6) is 0. The van der Waals surface area contributed by atoms with E-state index >= 15 is 0 Å². The summed E-state index contributed by atoms with van der Waals surface area (Å²) in [6.45, 7) is 3.62. The van der Waals surface area contributed by atoms with Crippen LogP contribution in [0, 0.1) is 0 Å². The van der Waals surface area contributed by atoms with Crippen molar-refractivity contribution in [2.24, 2.45) is 0 Å². The Kier molecular flexibility index (Phi) is 2.60. The molecule has 2 aromatic heterocycles. The molecule has 0 amide bonds. The number of aliphatic hydroxyl groups is 1. The van der Waals surface area contributed by atoms with Gasteiger partial charge in [0, 0.05) is 24.8 Å². The van der Waals surface area contributed by atoms with Crippen LogP contribution in [-0.4, -0.2) is 19.9 Å². The average molecular weight is 201 g/mol. The second-order valence-corrected chi connectivity index (χ2v) is 3.07. The molecule has 0 spiro atoms. The molecule has 4 heteroatoms. The van der Waals surface area contributed by atoms with Gasteiger partial charge in [-0.15, -0.1) is 0 Å². The van der Waals surface area contributed by atoms with Crippen molar-refractivity contribution in [3.8, 4) is 0 Å². The molecule has 0 aliphatic rings. The third kappa shape index (κ3) is 1.80. The summed E-state index contributed by atoms with van der Waals surface area (Å²) in [4.78, 5) is 3.90. The van der Waals surface area contributed by atoms with Crippen molar-refractivity contribution in [1.82, 2.24) is 14.8 Å². The quantitative estimate of drug-likeness (QED) is 0.817. The summed E-state index contributed by atoms with van der Waals surface area (Å²) >= 11 is 0. The summed E-state index contributed by atoms with van der Waals surface area (Å²) in [6, 6.07) is 5.29. The standard InChI is InChI=1S/C11H11N3O/c1-2-14-10(5-8-13-14)11(15)9-3-6-12-7-4-9/h2-8,11,15H,1H2. The molecule has 4 nitrogen and oxygen atoms in total. The molecule has 1 unspecified atom stereocenters. The second kappa shape index (κ2) is 4.06. The van der Waals surface area contributed by atoms with Gasteiger partial charge in [0.25, 0.3) is 0 Å². The van der Waals surface area contributed by atoms with Gasteiger partial charge in [-0.25, -0.2) is 4.68 Å². The molecule has 0 aliphatic carbocycles. The minimum atomic E-state index is -0.700. The van der Waals surface area contributed by atoms with Crippen LogP contribution >= 0.6 is 0 Å². The Bertz CT molecular complexity index is 450. The van der Waals surface area contributed by atoms with Crippen molar-refractivity contribution in [3.05, 3.63) is 54.6 Å². The van der Waals surface area contributed by atoms with Crippen molar-refractivity contribution < 1.29 is 5.11 Å². The largest absolute Gasteiger partial charge is 0.382 e. The van der Waals surface area contributed by atoms with Crippen molar-refractivity contribution in [2.45, 2.75) is 6.10 Å². The smallest absolute Gasteiger partial charge is 0.121 e. The van der Waals surface area contributed by atoms with Crippen molar-refractivity contribution in [1.29, 1.82) is 0 Å². The highest BCUT2D eigenvalue weighted by molar-refractivity contribution is 5.28. The minimum absolute atomic E-state index is 0.691. The number of nitrogens with zero attached hydrogens (tertiary/aromatic N) is 3. The van der Waals surface area contributed by atoms with Crippen LogP contribution < -0.4 is 0 Å². The zero-order chi connectivity index (χ0) is 10.7. The van der Waals surface area contributed by atoms with Gasteiger partial charge in [-0.05, 0) is 23.8 Å². The topological polar surface area (TPSA) is 50.9 Å². The number of hydrogen-bond acceptors (Lipinski definition) is 3. The van der Waals surface area contributed by atoms with Gasteiger partial charge >= 0.3 is 0 Å². The lowest BCUT2D eigenvalue weighted by molar-refractivity contribution is 0.212. The number of rotatable bonds is 3. The fourth-order valence-corrected chi connectivity index (χ4v) is 1.41. The zero-order valence-electron chi connectivity index (χ0n) is 8.11. The predicted molar refractivity (Wildman–Crippen MR) is 56.9 cm³/mol. The van der Waals surface area contributed by atoms with Crippen molar-refractivity contribution >= 4 is 6.20 Å². The number of hydrogen-bond donors (Lipinski definition) is 1. The molecule has 2 heterocycles. The van der Waals surface area contributed by atoms with E-state index in [9.17, 15) is 5.11 Å². The molecule has 0 bridgehead atoms. The van der Waals surface area contributed by atoms with Crippen LogP contribution in [0.5, 0.6) is 0 Å². The van der Waals surface area contributed by atoms with Crippen LogP contribution in [0.15, 0.2) is 43.4 Å². The Morgan fingerprint density at radius 3 is 2.67 bits per heavy atom. The van der Waals surface area contributed by atoms with Crippen LogP contribution in [0.3, 0.4) is 0 Å². The van der Waals surface area contributed by atoms with Gasteiger partial charge in [0.1, 0.15) is 6.10 Å². The Balaban J connectivity index is 2.36. The molecule has 1 N–H and O–H groups in total. The molecule has 0 radical (unpaired) electrons. The third-order valence-electron chi connectivity index (χ3n) is 2.18. The molecule has 76 valence electrons. The van der Waals surface area contributed by atoms with E-state index in [0.29, 0.717) is 5.69 Å². The van der Waals surface area contributed by atoms with Crippen LogP contribution in [0.2, 0.25) is 0 Å². The van der Waals surface area contributed by atoms with Gasteiger partial charge in [0.15, 0.2) is 0 Å². The highest BCUT2D eigenvalue weighted by Crippen LogP contribution is 2.20. The lowest BCUT2D eigenvalue weighted by Gasteiger charge is -2.10. The Labute approximate surface area is 87.5 Å². The van der Waals surface area contributed by atoms with Gasteiger partial charge in [-0.1, -0.05) is 6.58 Å². The highest BCUT2D eigenvalue weighted by atomic mass is 16.3. The normalized spacial score (nSPS) is 12.3. The van der Waals surface area contributed by atoms with Crippen LogP contribution in [-0.2, 0) is 0 Å². The van der Waals surface area contributed by atoms with E-state index in [-0.39, 0.29) is 0 Å². The first-order chi connectivity index (χ1) is 7.33. The molecule has 2 aromatic rings. The molecule has 0 saturated heterocycles. The maximum atomic E-state index is 10.1. The first kappa shape index (κ1) is 9.61. The molecule has 1 atom stereocenters. The molecular weight excluding hydrogens is 190 g/mol. The summed E-state index contributed by atoms with van der Waals surface area (Å²) in [7, 11) is 0. The van der Waals surface area contributed by atoms with Gasteiger partial charge in [-0.2, -0.15) is 5.10 Å². The van der Waals surface area contributed by atoms with Crippen LogP contribution in [0.1, 0.15) is 17.4 Å². The van der Waals surface area contributed by atoms with E-state index in [4.69, 9.17) is 0 Å². The van der Waals surface area contributed by atoms with E-state index < -0.39 is 6.10 Å². The van der Waals surface area contributed by atoms with Crippen molar-refractivity contribution in [2.75, 3.05) is 0 Å². The SMILES string of the molecule is C=Cn1nccc1C(O)c1ccncc1. The highest BCUT2D eigenvalue weighted by Gasteiger charge is 2.13. The Morgan fingerprint density at radius 1 is 1.27 bits per heavy atom. The molecule has 0 aromatic carbocycles. The van der Waals surface area contributed by atoms with Crippen molar-refractivity contribution in [3.63, 3.8) is 0 Å². The summed E-state index contributed by atoms with van der Waals surface area (Å²) in [5, 5.41) is 14.1. The number of aliphatic hydroxyl groups excluding tert-OH is 1. The first-order valence-electron chi connectivity index (χ1n) is 4.57. The maximum Gasteiger partial charge on any atom is 0.121 e. The lowest BCUT2D eigenvalue weighted by atomic mass is 10.1. The van der Waals surface area contributed by atoms with Gasteiger partial charge < -0.3 is 5.11 Å². The summed E-state index contributed by atoms with van der Waals surface area (Å²) in [6.07, 6.45) is 5.77. The van der Waals surface area contributed by atoms with E-state index in [2.05, 4.69) is 16.7 Å². The summed E-state index contributed by atoms with van der Waals surface area (Å²) < 4.78 is 1.55. The van der Waals surface area contributed by atoms with E-state index in [1.807, 2.05) is 0 Å². The van der Waals surface area contributed by atoms with Crippen LogP contribution in [0.4, 0.5) is 0 Å². The first-order valence-corrected chi connectivity index (χ1v) is 4.57. The average Bonchev–Trinajstić information content (AvgIpc) is 2.77. The number of aromatic nitrogens is 3. The monoisotopic (exact) mass is 201 g/mol. The van der Waals surface area contributed by atoms with E-state index in [1.165, 1.54) is 0 Å². The van der Waals surface area contributed by atoms with Gasteiger partial charge in [-0.3, -0.25) is 4.98 Å². The zero-order valence-corrected chi connectivity index (χ0v) is 8.11. The van der Waals surface area contributed by atoms with Gasteiger partial charge in [0.05, 0.1) is 5.69 Å². The molecule has 2 rings (SSSR count). The molecule has 0 fully saturated rings. The fourth-order valence-electron chi connectivity index (χ4n) is 1.41. The Morgan fingerprint density at radius 2 is 2.00 bits per heavy atom. The van der Waals surface area contributed by atoms with Gasteiger partial charge in [0.2, 0.25) is 0 Å². The van der Waals surface area contributed by atoms with E-state index in [0.717, 1.165) is 5.56 Å². The molecule has 0 aliphatic heterocycles.